The smallest absolute Gasteiger partial charge is 0.124 e. The zero-order valence-electron chi connectivity index (χ0n) is 10.8. The Labute approximate surface area is 141 Å². The summed E-state index contributed by atoms with van der Waals surface area (Å²) in [6.07, 6.45) is 0.759. The van der Waals surface area contributed by atoms with Crippen molar-refractivity contribution in [1.29, 1.82) is 0 Å². The molecule has 0 spiro atoms. The number of likely N-dealkylation sites (N-methyl/N-ethyl adjacent to an activating group) is 1. The van der Waals surface area contributed by atoms with Crippen LogP contribution in [-0.2, 0) is 6.42 Å². The van der Waals surface area contributed by atoms with Crippen LogP contribution in [0, 0.1) is 9.39 Å². The van der Waals surface area contributed by atoms with Crippen molar-refractivity contribution in [1.82, 2.24) is 5.32 Å². The molecule has 0 radical (unpaired) electrons. The van der Waals surface area contributed by atoms with Gasteiger partial charge in [-0.3, -0.25) is 0 Å². The van der Waals surface area contributed by atoms with Crippen LogP contribution in [0.4, 0.5) is 4.39 Å². The predicted octanol–water partition coefficient (Wildman–Crippen LogP) is 5.24. The zero-order chi connectivity index (χ0) is 14.7. The molecule has 0 fully saturated rings. The molecule has 0 saturated carbocycles. The van der Waals surface area contributed by atoms with E-state index in [1.54, 1.807) is 6.07 Å². The summed E-state index contributed by atoms with van der Waals surface area (Å²) in [5.74, 6) is -0.220. The van der Waals surface area contributed by atoms with E-state index in [0.717, 1.165) is 21.1 Å². The number of nitrogens with one attached hydrogen (secondary N) is 1. The third-order valence-electron chi connectivity index (χ3n) is 3.11. The van der Waals surface area contributed by atoms with Crippen molar-refractivity contribution in [2.75, 3.05) is 7.05 Å². The summed E-state index contributed by atoms with van der Waals surface area (Å²) in [6, 6.07) is 10.5. The molecular formula is C15H13Cl2FIN. The predicted molar refractivity (Wildman–Crippen MR) is 91.1 cm³/mol. The lowest BCUT2D eigenvalue weighted by molar-refractivity contribution is 0.582. The lowest BCUT2D eigenvalue weighted by Gasteiger charge is -2.18. The Morgan fingerprint density at radius 1 is 1.15 bits per heavy atom. The van der Waals surface area contributed by atoms with Crippen LogP contribution in [-0.4, -0.2) is 7.05 Å². The van der Waals surface area contributed by atoms with E-state index in [0.29, 0.717) is 10.0 Å². The highest BCUT2D eigenvalue weighted by Gasteiger charge is 2.14. The van der Waals surface area contributed by atoms with Crippen LogP contribution in [0.2, 0.25) is 10.0 Å². The molecule has 106 valence electrons. The van der Waals surface area contributed by atoms with Crippen molar-refractivity contribution in [3.05, 3.63) is 67.0 Å². The average molecular weight is 424 g/mol. The summed E-state index contributed by atoms with van der Waals surface area (Å²) in [6.45, 7) is 0. The van der Waals surface area contributed by atoms with Crippen LogP contribution in [0.15, 0.2) is 36.4 Å². The lowest BCUT2D eigenvalue weighted by atomic mass is 9.99. The van der Waals surface area contributed by atoms with E-state index in [2.05, 4.69) is 27.9 Å². The van der Waals surface area contributed by atoms with Gasteiger partial charge >= 0.3 is 0 Å². The summed E-state index contributed by atoms with van der Waals surface area (Å²) < 4.78 is 14.1. The third-order valence-corrected chi connectivity index (χ3v) is 4.78. The highest BCUT2D eigenvalue weighted by molar-refractivity contribution is 14.1. The molecule has 1 atom stereocenters. The minimum Gasteiger partial charge on any atom is -0.313 e. The number of rotatable bonds is 4. The van der Waals surface area contributed by atoms with Gasteiger partial charge in [0.15, 0.2) is 0 Å². The van der Waals surface area contributed by atoms with Crippen LogP contribution in [0.5, 0.6) is 0 Å². The van der Waals surface area contributed by atoms with E-state index >= 15 is 0 Å². The molecule has 0 aliphatic heterocycles. The van der Waals surface area contributed by atoms with Crippen LogP contribution < -0.4 is 5.32 Å². The Kier molecular flexibility index (Phi) is 5.66. The topological polar surface area (TPSA) is 12.0 Å². The van der Waals surface area contributed by atoms with E-state index < -0.39 is 0 Å². The summed E-state index contributed by atoms with van der Waals surface area (Å²) >= 11 is 14.1. The standard InChI is InChI=1S/C15H13Cl2FIN/c1-20-15(11-4-3-10(18)8-14(11)19)7-9-2-5-12(16)13(17)6-9/h2-6,8,15,20H,7H2,1H3. The minimum atomic E-state index is -0.220. The summed E-state index contributed by atoms with van der Waals surface area (Å²) in [5, 5.41) is 4.36. The molecule has 0 aliphatic carbocycles. The molecule has 2 aromatic rings. The Bertz CT molecular complexity index is 619. The van der Waals surface area contributed by atoms with Crippen LogP contribution >= 0.6 is 45.8 Å². The second kappa shape index (κ2) is 7.07. The molecular weight excluding hydrogens is 411 g/mol. The number of halogens is 4. The second-order valence-electron chi connectivity index (χ2n) is 4.46. The van der Waals surface area contributed by atoms with E-state index in [9.17, 15) is 4.39 Å². The molecule has 1 N–H and O–H groups in total. The van der Waals surface area contributed by atoms with Crippen molar-refractivity contribution < 1.29 is 4.39 Å². The molecule has 0 aromatic heterocycles. The summed E-state index contributed by atoms with van der Waals surface area (Å²) in [5.41, 5.74) is 2.15. The van der Waals surface area contributed by atoms with Gasteiger partial charge in [-0.2, -0.15) is 0 Å². The van der Waals surface area contributed by atoms with Crippen molar-refractivity contribution in [2.45, 2.75) is 12.5 Å². The maximum atomic E-state index is 13.2. The summed E-state index contributed by atoms with van der Waals surface area (Å²) in [4.78, 5) is 0. The number of hydrogen-bond donors (Lipinski definition) is 1. The monoisotopic (exact) mass is 423 g/mol. The van der Waals surface area contributed by atoms with Gasteiger partial charge in [0, 0.05) is 9.61 Å². The SMILES string of the molecule is CNC(Cc1ccc(Cl)c(Cl)c1)c1ccc(F)cc1I. The molecule has 20 heavy (non-hydrogen) atoms. The van der Waals surface area contributed by atoms with Gasteiger partial charge in [-0.1, -0.05) is 35.3 Å². The first-order valence-electron chi connectivity index (χ1n) is 6.07. The molecule has 1 unspecified atom stereocenters. The van der Waals surface area contributed by atoms with Gasteiger partial charge in [0.2, 0.25) is 0 Å². The number of hydrogen-bond acceptors (Lipinski definition) is 1. The van der Waals surface area contributed by atoms with Crippen LogP contribution in [0.25, 0.3) is 0 Å². The molecule has 2 aromatic carbocycles. The second-order valence-corrected chi connectivity index (χ2v) is 6.44. The molecule has 0 aliphatic rings. The van der Waals surface area contributed by atoms with E-state index in [-0.39, 0.29) is 11.9 Å². The highest BCUT2D eigenvalue weighted by Crippen LogP contribution is 2.27. The normalized spacial score (nSPS) is 12.4. The average Bonchev–Trinajstić information content (AvgIpc) is 2.41. The van der Waals surface area contributed by atoms with Crippen molar-refractivity contribution in [2.24, 2.45) is 0 Å². The zero-order valence-corrected chi connectivity index (χ0v) is 14.4. The van der Waals surface area contributed by atoms with Gasteiger partial charge < -0.3 is 5.32 Å². The number of benzene rings is 2. The highest BCUT2D eigenvalue weighted by atomic mass is 127. The van der Waals surface area contributed by atoms with Gasteiger partial charge in [0.05, 0.1) is 10.0 Å². The largest absolute Gasteiger partial charge is 0.313 e. The lowest BCUT2D eigenvalue weighted by Crippen LogP contribution is -2.20. The first kappa shape index (κ1) is 16.0. The Morgan fingerprint density at radius 3 is 2.50 bits per heavy atom. The molecule has 2 rings (SSSR count). The van der Waals surface area contributed by atoms with Gasteiger partial charge in [-0.05, 0) is 71.5 Å². The maximum Gasteiger partial charge on any atom is 0.124 e. The molecule has 0 saturated heterocycles. The van der Waals surface area contributed by atoms with Gasteiger partial charge in [-0.15, -0.1) is 0 Å². The molecule has 0 amide bonds. The maximum absolute atomic E-state index is 13.2. The van der Waals surface area contributed by atoms with E-state index in [4.69, 9.17) is 23.2 Å². The first-order chi connectivity index (χ1) is 9.51. The molecule has 0 heterocycles. The van der Waals surface area contributed by atoms with Crippen LogP contribution in [0.1, 0.15) is 17.2 Å². The Hall–Kier alpha value is -0.360. The molecule has 5 heteroatoms. The molecule has 0 bridgehead atoms. The summed E-state index contributed by atoms with van der Waals surface area (Å²) in [7, 11) is 1.89. The van der Waals surface area contributed by atoms with Gasteiger partial charge in [0.25, 0.3) is 0 Å². The van der Waals surface area contributed by atoms with Crippen molar-refractivity contribution >= 4 is 45.8 Å². The fourth-order valence-corrected chi connectivity index (χ4v) is 3.23. The first-order valence-corrected chi connectivity index (χ1v) is 7.91. The van der Waals surface area contributed by atoms with Crippen LogP contribution in [0.3, 0.4) is 0 Å². The quantitative estimate of drug-likeness (QED) is 0.663. The Balaban J connectivity index is 2.26. The van der Waals surface area contributed by atoms with E-state index in [1.165, 1.54) is 12.1 Å². The fraction of sp³-hybridized carbons (Fsp3) is 0.200. The third kappa shape index (κ3) is 3.85. The van der Waals surface area contributed by atoms with Crippen molar-refractivity contribution in [3.63, 3.8) is 0 Å². The van der Waals surface area contributed by atoms with E-state index in [1.807, 2.05) is 25.2 Å². The Morgan fingerprint density at radius 2 is 1.90 bits per heavy atom. The van der Waals surface area contributed by atoms with Gasteiger partial charge in [-0.25, -0.2) is 4.39 Å². The van der Waals surface area contributed by atoms with Gasteiger partial charge in [0.1, 0.15) is 5.82 Å². The fourth-order valence-electron chi connectivity index (χ4n) is 2.05. The van der Waals surface area contributed by atoms with Crippen molar-refractivity contribution in [3.8, 4) is 0 Å². The molecule has 1 nitrogen and oxygen atoms in total. The minimum absolute atomic E-state index is 0.0970.